The molecule has 8 nitrogen and oxygen atoms in total. The van der Waals surface area contributed by atoms with E-state index in [0.29, 0.717) is 29.9 Å². The monoisotopic (exact) mass is 587 g/mol. The maximum absolute atomic E-state index is 14.5. The van der Waals surface area contributed by atoms with Gasteiger partial charge in [-0.2, -0.15) is 8.42 Å². The molecule has 1 aliphatic rings. The Morgan fingerprint density at radius 2 is 1.86 bits per heavy atom. The third-order valence-electron chi connectivity index (χ3n) is 5.30. The van der Waals surface area contributed by atoms with Crippen LogP contribution < -0.4 is 8.28 Å². The fourth-order valence-corrected chi connectivity index (χ4v) is 8.02. The van der Waals surface area contributed by atoms with E-state index in [-0.39, 0.29) is 33.2 Å². The van der Waals surface area contributed by atoms with Crippen LogP contribution in [0, 0.1) is 11.6 Å². The van der Waals surface area contributed by atoms with Crippen LogP contribution in [0.3, 0.4) is 0 Å². The van der Waals surface area contributed by atoms with E-state index in [4.69, 9.17) is 0 Å². The second-order valence-electron chi connectivity index (χ2n) is 8.01. The summed E-state index contributed by atoms with van der Waals surface area (Å²) in [5, 5.41) is 0.226. The molecular formula is C23H21F2N2O6S4+. The lowest BCUT2D eigenvalue weighted by Gasteiger charge is -2.15. The van der Waals surface area contributed by atoms with Crippen molar-refractivity contribution in [3.63, 3.8) is 0 Å². The van der Waals surface area contributed by atoms with Gasteiger partial charge in [0.25, 0.3) is 10.5 Å². The number of anilines is 1. The predicted molar refractivity (Wildman–Crippen MR) is 140 cm³/mol. The van der Waals surface area contributed by atoms with E-state index in [0.717, 1.165) is 29.2 Å². The van der Waals surface area contributed by atoms with Crippen molar-refractivity contribution in [1.29, 1.82) is 0 Å². The van der Waals surface area contributed by atoms with Crippen LogP contribution in [0.5, 0.6) is 0 Å². The second-order valence-corrected chi connectivity index (χ2v) is 12.7. The lowest BCUT2D eigenvalue weighted by molar-refractivity contribution is -0.486. The molecular weight excluding hydrogens is 567 g/mol. The SMILES string of the molecule is CCCc1c(F)ccc2sc(C=CC(C)=CC=C3Sc4ccc(F)cc4N3S(=O)(=O)O)[n+](S(=O)(=O)O)c12. The Hall–Kier alpha value is -2.62. The number of thioether (sulfide) groups is 1. The van der Waals surface area contributed by atoms with Crippen molar-refractivity contribution in [3.05, 3.63) is 81.4 Å². The first kappa shape index (κ1) is 27.4. The fraction of sp³-hybridized carbons (Fsp3) is 0.174. The molecule has 0 amide bonds. The lowest BCUT2D eigenvalue weighted by atomic mass is 10.1. The number of benzene rings is 2. The molecule has 0 radical (unpaired) electrons. The standard InChI is InChI=1S/C23H20F2N2O6S4/c1-3-4-16-17(25)8-10-20-23(16)27(37(31,32)33)22(35-20)12-6-14(2)5-11-21-26(36(28,29)30)18-13-15(24)7-9-19(18)34-21/h5-13H,3-4H2,1-2H3,(H-,28,29,30,31,32,33)/p+1. The van der Waals surface area contributed by atoms with Gasteiger partial charge in [0.1, 0.15) is 16.3 Å². The highest BCUT2D eigenvalue weighted by atomic mass is 32.2. The maximum atomic E-state index is 14.5. The molecule has 0 spiro atoms. The Balaban J connectivity index is 1.73. The van der Waals surface area contributed by atoms with Crippen LogP contribution in [-0.4, -0.2) is 25.9 Å². The summed E-state index contributed by atoms with van der Waals surface area (Å²) in [5.74, 6) is -1.23. The highest BCUT2D eigenvalue weighted by molar-refractivity contribution is 8.05. The summed E-state index contributed by atoms with van der Waals surface area (Å²) in [7, 11) is -9.49. The number of nitrogens with zero attached hydrogens (tertiary/aromatic N) is 2. The molecule has 2 heterocycles. The molecule has 0 saturated heterocycles. The van der Waals surface area contributed by atoms with Crippen molar-refractivity contribution in [2.24, 2.45) is 0 Å². The smallest absolute Gasteiger partial charge is 0.269 e. The summed E-state index contributed by atoms with van der Waals surface area (Å²) in [5.41, 5.74) is 0.791. The Morgan fingerprint density at radius 3 is 2.51 bits per heavy atom. The Bertz CT molecular complexity index is 1710. The van der Waals surface area contributed by atoms with E-state index in [1.165, 1.54) is 48.6 Å². The molecule has 2 aromatic carbocycles. The van der Waals surface area contributed by atoms with E-state index in [2.05, 4.69) is 0 Å². The molecule has 37 heavy (non-hydrogen) atoms. The predicted octanol–water partition coefficient (Wildman–Crippen LogP) is 5.29. The highest BCUT2D eigenvalue weighted by Crippen LogP contribution is 2.47. The van der Waals surface area contributed by atoms with Crippen molar-refractivity contribution >= 4 is 65.7 Å². The zero-order valence-electron chi connectivity index (χ0n) is 19.4. The molecule has 3 aromatic rings. The van der Waals surface area contributed by atoms with Gasteiger partial charge in [-0.05, 0) is 53.7 Å². The van der Waals surface area contributed by atoms with Crippen LogP contribution in [0.15, 0.2) is 64.1 Å². The molecule has 14 heteroatoms. The molecule has 0 fully saturated rings. The normalized spacial score (nSPS) is 15.9. The molecule has 4 rings (SSSR count). The van der Waals surface area contributed by atoms with Crippen molar-refractivity contribution in [2.45, 2.75) is 31.6 Å². The Morgan fingerprint density at radius 1 is 1.14 bits per heavy atom. The van der Waals surface area contributed by atoms with Crippen molar-refractivity contribution in [1.82, 2.24) is 0 Å². The molecule has 0 unspecified atom stereocenters. The maximum Gasteiger partial charge on any atom is 0.513 e. The zero-order chi connectivity index (χ0) is 27.1. The number of allylic oxidation sites excluding steroid dienone is 4. The number of halogens is 2. The van der Waals surface area contributed by atoms with Crippen LogP contribution in [0.25, 0.3) is 16.3 Å². The third-order valence-corrected chi connectivity index (χ3v) is 9.40. The molecule has 0 bridgehead atoms. The number of aryl methyl sites for hydroxylation is 1. The fourth-order valence-electron chi connectivity index (χ4n) is 3.79. The molecule has 196 valence electrons. The van der Waals surface area contributed by atoms with Gasteiger partial charge in [0.05, 0.1) is 16.3 Å². The molecule has 0 saturated carbocycles. The summed E-state index contributed by atoms with van der Waals surface area (Å²) in [6.07, 6.45) is 6.74. The van der Waals surface area contributed by atoms with E-state index < -0.39 is 32.2 Å². The Labute approximate surface area is 221 Å². The molecule has 2 N–H and O–H groups in total. The highest BCUT2D eigenvalue weighted by Gasteiger charge is 2.34. The van der Waals surface area contributed by atoms with Gasteiger partial charge in [0.15, 0.2) is 0 Å². The largest absolute Gasteiger partial charge is 0.513 e. The van der Waals surface area contributed by atoms with E-state index in [1.807, 2.05) is 6.92 Å². The summed E-state index contributed by atoms with van der Waals surface area (Å²) in [6.45, 7) is 3.48. The summed E-state index contributed by atoms with van der Waals surface area (Å²) < 4.78 is 97.9. The van der Waals surface area contributed by atoms with Gasteiger partial charge < -0.3 is 0 Å². The number of hydrogen-bond donors (Lipinski definition) is 2. The number of rotatable bonds is 7. The zero-order valence-corrected chi connectivity index (χ0v) is 22.7. The van der Waals surface area contributed by atoms with Crippen molar-refractivity contribution in [2.75, 3.05) is 4.31 Å². The number of thiazole rings is 1. The van der Waals surface area contributed by atoms with Crippen LogP contribution in [0.2, 0.25) is 0 Å². The van der Waals surface area contributed by atoms with Gasteiger partial charge in [-0.3, -0.25) is 4.55 Å². The van der Waals surface area contributed by atoms with Crippen LogP contribution in [0.4, 0.5) is 14.5 Å². The van der Waals surface area contributed by atoms with Gasteiger partial charge in [-0.25, -0.2) is 17.6 Å². The third kappa shape index (κ3) is 5.63. The van der Waals surface area contributed by atoms with E-state index in [9.17, 15) is 34.7 Å². The molecule has 0 atom stereocenters. The van der Waals surface area contributed by atoms with Crippen molar-refractivity contribution in [3.8, 4) is 0 Å². The van der Waals surface area contributed by atoms with Crippen LogP contribution in [-0.2, 0) is 27.0 Å². The summed E-state index contributed by atoms with van der Waals surface area (Å²) in [6, 6.07) is 6.28. The summed E-state index contributed by atoms with van der Waals surface area (Å²) >= 11 is 2.06. The van der Waals surface area contributed by atoms with E-state index in [1.54, 1.807) is 6.92 Å². The van der Waals surface area contributed by atoms with Gasteiger partial charge in [-0.1, -0.05) is 54.2 Å². The first-order valence-electron chi connectivity index (χ1n) is 10.8. The first-order chi connectivity index (χ1) is 17.3. The molecule has 1 aromatic heterocycles. The van der Waals surface area contributed by atoms with Gasteiger partial charge in [0, 0.05) is 11.0 Å². The molecule has 1 aliphatic heterocycles. The number of hydrogen-bond acceptors (Lipinski definition) is 6. The minimum absolute atomic E-state index is 0.0186. The minimum atomic E-state index is -4.76. The van der Waals surface area contributed by atoms with Crippen molar-refractivity contribution < 1.29 is 38.7 Å². The quantitative estimate of drug-likeness (QED) is 0.219. The number of aromatic nitrogens is 1. The lowest BCUT2D eigenvalue weighted by Crippen LogP contribution is -2.44. The Kier molecular flexibility index (Phi) is 7.61. The van der Waals surface area contributed by atoms with Crippen LogP contribution in [0.1, 0.15) is 30.8 Å². The topological polar surface area (TPSA) is 116 Å². The average Bonchev–Trinajstić information content (AvgIpc) is 3.36. The molecule has 0 aliphatic carbocycles. The van der Waals surface area contributed by atoms with Crippen LogP contribution >= 0.6 is 23.1 Å². The minimum Gasteiger partial charge on any atom is -0.269 e. The summed E-state index contributed by atoms with van der Waals surface area (Å²) in [4.78, 5) is 0.432. The van der Waals surface area contributed by atoms with Gasteiger partial charge in [-0.15, -0.1) is 8.42 Å². The first-order valence-corrected chi connectivity index (χ1v) is 15.2. The second kappa shape index (κ2) is 10.3. The number of fused-ring (bicyclic) bond motifs is 2. The van der Waals surface area contributed by atoms with E-state index >= 15 is 0 Å². The van der Waals surface area contributed by atoms with Gasteiger partial charge in [0.2, 0.25) is 0 Å². The average molecular weight is 588 g/mol. The van der Waals surface area contributed by atoms with Gasteiger partial charge >= 0.3 is 20.6 Å².